The van der Waals surface area contributed by atoms with Gasteiger partial charge in [-0.05, 0) is 68.3 Å². The van der Waals surface area contributed by atoms with Crippen LogP contribution in [0, 0.1) is 0 Å². The lowest BCUT2D eigenvalue weighted by atomic mass is 9.65. The fourth-order valence-electron chi connectivity index (χ4n) is 9.18. The molecule has 270 valence electrons. The first-order chi connectivity index (χ1) is 28.2. The molecule has 0 aromatic heterocycles. The monoisotopic (exact) mass is 731 g/mol. The predicted molar refractivity (Wildman–Crippen MR) is 232 cm³/mol. The molecule has 0 amide bonds. The van der Waals surface area contributed by atoms with Crippen molar-refractivity contribution in [1.29, 1.82) is 0 Å². The second-order valence-electron chi connectivity index (χ2n) is 14.9. The van der Waals surface area contributed by atoms with Gasteiger partial charge >= 0.3 is 0 Å². The van der Waals surface area contributed by atoms with Crippen molar-refractivity contribution in [2.24, 2.45) is 4.99 Å². The molecular weight excluding hydrogens is 695 g/mol. The first-order valence-electron chi connectivity index (χ1n) is 19.5. The van der Waals surface area contributed by atoms with E-state index >= 15 is 0 Å². The number of hydrogen-bond acceptors (Lipinski definition) is 4. The number of nitrogens with one attached hydrogen (secondary N) is 1. The highest BCUT2D eigenvalue weighted by Crippen LogP contribution is 2.63. The fraction of sp³-hybridized carbons (Fsp3) is 0.0377. The van der Waals surface area contributed by atoms with Gasteiger partial charge in [0.05, 0.1) is 22.8 Å². The minimum absolute atomic E-state index is 0.0687. The molecule has 3 N–H and O–H groups in total. The maximum atomic E-state index is 7.01. The quantitative estimate of drug-likeness (QED) is 0.173. The first-order valence-corrected chi connectivity index (χ1v) is 19.5. The van der Waals surface area contributed by atoms with Gasteiger partial charge in [0.25, 0.3) is 0 Å². The van der Waals surface area contributed by atoms with E-state index in [0.29, 0.717) is 11.4 Å². The van der Waals surface area contributed by atoms with E-state index in [1.807, 2.05) is 18.2 Å². The van der Waals surface area contributed by atoms with Crippen LogP contribution in [0.4, 0.5) is 5.69 Å². The summed E-state index contributed by atoms with van der Waals surface area (Å²) in [6.45, 7) is 0. The highest BCUT2D eigenvalue weighted by atomic mass is 16.5. The van der Waals surface area contributed by atoms with E-state index < -0.39 is 5.41 Å². The number of nitrogens with two attached hydrogens (primary N) is 1. The lowest BCUT2D eigenvalue weighted by Crippen LogP contribution is -2.32. The summed E-state index contributed by atoms with van der Waals surface area (Å²) in [4.78, 5) is 5.29. The van der Waals surface area contributed by atoms with E-state index in [0.717, 1.165) is 50.7 Å². The topological polar surface area (TPSA) is 59.6 Å². The second-order valence-corrected chi connectivity index (χ2v) is 14.9. The number of nitrogens with zero attached hydrogens (tertiary/aromatic N) is 1. The first kappa shape index (κ1) is 33.0. The zero-order valence-electron chi connectivity index (χ0n) is 31.1. The number of hydrogen-bond donors (Lipinski definition) is 2. The minimum atomic E-state index is -0.604. The number of anilines is 1. The molecular formula is C53H37N3O. The summed E-state index contributed by atoms with van der Waals surface area (Å²) in [5.74, 6) is 2.33. The van der Waals surface area contributed by atoms with Crippen molar-refractivity contribution in [3.8, 4) is 44.9 Å². The van der Waals surface area contributed by atoms with Crippen molar-refractivity contribution in [3.63, 3.8) is 0 Å². The van der Waals surface area contributed by atoms with Gasteiger partial charge in [-0.25, -0.2) is 4.99 Å². The van der Waals surface area contributed by atoms with Gasteiger partial charge in [-0.1, -0.05) is 182 Å². The summed E-state index contributed by atoms with van der Waals surface area (Å²) >= 11 is 0. The molecule has 2 heterocycles. The van der Waals surface area contributed by atoms with Crippen molar-refractivity contribution >= 4 is 17.2 Å². The Kier molecular flexibility index (Phi) is 7.58. The summed E-state index contributed by atoms with van der Waals surface area (Å²) < 4.78 is 7.01. The van der Waals surface area contributed by atoms with Gasteiger partial charge < -0.3 is 15.8 Å². The van der Waals surface area contributed by atoms with Crippen LogP contribution in [0.5, 0.6) is 11.5 Å². The summed E-state index contributed by atoms with van der Waals surface area (Å²) in [7, 11) is 0. The van der Waals surface area contributed by atoms with Gasteiger partial charge in [0.1, 0.15) is 11.6 Å². The zero-order chi connectivity index (χ0) is 37.9. The zero-order valence-corrected chi connectivity index (χ0v) is 31.1. The van der Waals surface area contributed by atoms with E-state index in [9.17, 15) is 0 Å². The van der Waals surface area contributed by atoms with E-state index in [1.165, 1.54) is 38.9 Å². The van der Waals surface area contributed by atoms with Crippen molar-refractivity contribution in [2.45, 2.75) is 11.5 Å². The lowest BCUT2D eigenvalue weighted by molar-refractivity contribution is 0.440. The van der Waals surface area contributed by atoms with Crippen LogP contribution in [0.15, 0.2) is 205 Å². The van der Waals surface area contributed by atoms with Crippen LogP contribution >= 0.6 is 0 Å². The normalized spacial score (nSPS) is 15.5. The standard InChI is InChI=1S/C53H37N3O/c54-47-27-13-26-46-51(47)57-50-40(22-12-25-45(50)53(46)43-23-9-7-20-41(43)42-21-8-10-24-44(42)53)38-18-11-19-39(32-38)52-55-48(36-16-5-2-6-17-36)33-49(56-52)37-30-28-35(29-31-37)34-14-3-1-4-15-34/h1-33,48H,54H2,(H,55,56). The maximum absolute atomic E-state index is 7.01. The molecule has 1 aliphatic carbocycles. The summed E-state index contributed by atoms with van der Waals surface area (Å²) in [6, 6.07) is 68.5. The third-order valence-corrected chi connectivity index (χ3v) is 11.8. The van der Waals surface area contributed by atoms with E-state index in [1.54, 1.807) is 0 Å². The fourth-order valence-corrected chi connectivity index (χ4v) is 9.18. The second kappa shape index (κ2) is 13.1. The van der Waals surface area contributed by atoms with Crippen LogP contribution in [-0.2, 0) is 5.41 Å². The summed E-state index contributed by atoms with van der Waals surface area (Å²) in [6.07, 6.45) is 2.22. The number of rotatable bonds is 5. The van der Waals surface area contributed by atoms with E-state index in [2.05, 4.69) is 187 Å². The molecule has 0 saturated carbocycles. The number of nitrogen functional groups attached to an aromatic ring is 1. The third-order valence-electron chi connectivity index (χ3n) is 11.8. The number of aliphatic imine (C=N–C) groups is 1. The number of para-hydroxylation sites is 2. The molecule has 3 aliphatic rings. The molecule has 0 fully saturated rings. The molecule has 4 nitrogen and oxygen atoms in total. The van der Waals surface area contributed by atoms with Crippen LogP contribution in [0.2, 0.25) is 0 Å². The minimum Gasteiger partial charge on any atom is -0.454 e. The van der Waals surface area contributed by atoms with Crippen molar-refractivity contribution in [1.82, 2.24) is 5.32 Å². The van der Waals surface area contributed by atoms with Gasteiger partial charge in [0.2, 0.25) is 0 Å². The Balaban J connectivity index is 1.05. The Morgan fingerprint density at radius 3 is 1.72 bits per heavy atom. The van der Waals surface area contributed by atoms with Crippen molar-refractivity contribution in [2.75, 3.05) is 5.73 Å². The molecule has 0 saturated heterocycles. The molecule has 0 radical (unpaired) electrons. The smallest absolute Gasteiger partial charge is 0.155 e. The van der Waals surface area contributed by atoms with Crippen LogP contribution in [0.25, 0.3) is 39.1 Å². The van der Waals surface area contributed by atoms with Gasteiger partial charge in [0.15, 0.2) is 5.75 Å². The van der Waals surface area contributed by atoms with Gasteiger partial charge in [-0.2, -0.15) is 0 Å². The van der Waals surface area contributed by atoms with Crippen LogP contribution in [0.3, 0.4) is 0 Å². The summed E-state index contributed by atoms with van der Waals surface area (Å²) in [5, 5.41) is 3.77. The molecule has 57 heavy (non-hydrogen) atoms. The van der Waals surface area contributed by atoms with Crippen LogP contribution in [0.1, 0.15) is 45.0 Å². The van der Waals surface area contributed by atoms with Crippen LogP contribution < -0.4 is 15.8 Å². The average molecular weight is 732 g/mol. The molecule has 11 rings (SSSR count). The van der Waals surface area contributed by atoms with Crippen molar-refractivity contribution < 1.29 is 4.74 Å². The molecule has 1 spiro atoms. The average Bonchev–Trinajstić information content (AvgIpc) is 3.58. The van der Waals surface area contributed by atoms with E-state index in [-0.39, 0.29) is 6.04 Å². The Hall–Kier alpha value is -7.43. The Morgan fingerprint density at radius 2 is 0.982 bits per heavy atom. The Morgan fingerprint density at radius 1 is 0.456 bits per heavy atom. The predicted octanol–water partition coefficient (Wildman–Crippen LogP) is 12.2. The molecule has 1 unspecified atom stereocenters. The Bertz CT molecular complexity index is 2870. The number of amidine groups is 1. The van der Waals surface area contributed by atoms with Gasteiger partial charge in [-0.3, -0.25) is 0 Å². The highest BCUT2D eigenvalue weighted by molar-refractivity contribution is 6.04. The lowest BCUT2D eigenvalue weighted by Gasteiger charge is -2.40. The SMILES string of the molecule is Nc1cccc2c1Oc1c(-c3cccc(C4=NC(c5ccc(-c6ccccc6)cc5)=CC(c5ccccc5)N4)c3)cccc1C21c2ccccc2-c2ccccc21. The molecule has 2 aliphatic heterocycles. The van der Waals surface area contributed by atoms with E-state index in [4.69, 9.17) is 15.5 Å². The highest BCUT2D eigenvalue weighted by Gasteiger charge is 2.51. The number of fused-ring (bicyclic) bond motifs is 9. The summed E-state index contributed by atoms with van der Waals surface area (Å²) in [5.41, 5.74) is 22.4. The number of benzene rings is 8. The van der Waals surface area contributed by atoms with Crippen LogP contribution in [-0.4, -0.2) is 5.84 Å². The van der Waals surface area contributed by atoms with Gasteiger partial charge in [-0.15, -0.1) is 0 Å². The maximum Gasteiger partial charge on any atom is 0.155 e. The van der Waals surface area contributed by atoms with Gasteiger partial charge in [0, 0.05) is 22.3 Å². The molecule has 1 atom stereocenters. The molecule has 8 aromatic carbocycles. The largest absolute Gasteiger partial charge is 0.454 e. The Labute approximate surface area is 332 Å². The van der Waals surface area contributed by atoms with Crippen molar-refractivity contribution in [3.05, 3.63) is 239 Å². The molecule has 0 bridgehead atoms. The molecule has 4 heteroatoms. The number of ether oxygens (including phenoxy) is 1. The third kappa shape index (κ3) is 5.18. The molecule has 8 aromatic rings.